The summed E-state index contributed by atoms with van der Waals surface area (Å²) in [6.45, 7) is 4.16. The quantitative estimate of drug-likeness (QED) is 0.363. The van der Waals surface area contributed by atoms with Crippen molar-refractivity contribution >= 4 is 21.8 Å². The van der Waals surface area contributed by atoms with Crippen molar-refractivity contribution in [3.63, 3.8) is 0 Å². The van der Waals surface area contributed by atoms with E-state index in [9.17, 15) is 8.42 Å². The first-order valence-corrected chi connectivity index (χ1v) is 12.8. The van der Waals surface area contributed by atoms with Gasteiger partial charge in [0.15, 0.2) is 11.0 Å². The minimum absolute atomic E-state index is 0.277. The van der Waals surface area contributed by atoms with Gasteiger partial charge >= 0.3 is 0 Å². The number of hydrogen-bond acceptors (Lipinski definition) is 6. The number of thioether (sulfide) groups is 1. The Kier molecular flexibility index (Phi) is 6.64. The summed E-state index contributed by atoms with van der Waals surface area (Å²) in [4.78, 5) is 4.38. The van der Waals surface area contributed by atoms with Gasteiger partial charge in [0.05, 0.1) is 10.6 Å². The number of rotatable bonds is 7. The fraction of sp³-hybridized carbons (Fsp3) is 0.208. The van der Waals surface area contributed by atoms with Gasteiger partial charge in [0.25, 0.3) is 0 Å². The summed E-state index contributed by atoms with van der Waals surface area (Å²) in [5.74, 6) is 1.28. The average Bonchev–Trinajstić information content (AvgIpc) is 3.24. The zero-order chi connectivity index (χ0) is 23.6. The Bertz CT molecular complexity index is 1380. The standard InChI is InChI=1S/C24H25N5O2S2/c1-17-8-9-21(14-18(17)2)29-23(20-10-12-25-13-11-20)26-27-24(29)32-16-19-6-5-7-22(15-19)33(30,31)28(3)4/h5-15H,16H2,1-4H3. The van der Waals surface area contributed by atoms with E-state index in [0.29, 0.717) is 5.75 Å². The maximum atomic E-state index is 12.5. The Morgan fingerprint density at radius 1 is 0.939 bits per heavy atom. The number of hydrogen-bond donors (Lipinski definition) is 0. The van der Waals surface area contributed by atoms with E-state index in [-0.39, 0.29) is 4.90 Å². The highest BCUT2D eigenvalue weighted by Gasteiger charge is 2.19. The third kappa shape index (κ3) is 4.85. The van der Waals surface area contributed by atoms with Crippen LogP contribution in [0.25, 0.3) is 17.1 Å². The Morgan fingerprint density at radius 2 is 1.70 bits per heavy atom. The molecule has 0 unspecified atom stereocenters. The molecule has 0 aliphatic rings. The minimum atomic E-state index is -3.49. The fourth-order valence-corrected chi connectivity index (χ4v) is 5.17. The molecule has 170 valence electrons. The summed E-state index contributed by atoms with van der Waals surface area (Å²) in [5.41, 5.74) is 5.18. The summed E-state index contributed by atoms with van der Waals surface area (Å²) >= 11 is 1.51. The van der Waals surface area contributed by atoms with Gasteiger partial charge < -0.3 is 0 Å². The molecular weight excluding hydrogens is 454 g/mol. The van der Waals surface area contributed by atoms with Crippen molar-refractivity contribution in [2.45, 2.75) is 29.7 Å². The number of nitrogens with zero attached hydrogens (tertiary/aromatic N) is 5. The number of benzene rings is 2. The summed E-state index contributed by atoms with van der Waals surface area (Å²) in [6.07, 6.45) is 3.47. The lowest BCUT2D eigenvalue weighted by molar-refractivity contribution is 0.520. The monoisotopic (exact) mass is 479 g/mol. The normalized spacial score (nSPS) is 11.8. The number of pyridine rings is 1. The summed E-state index contributed by atoms with van der Waals surface area (Å²) in [5, 5.41) is 9.66. The van der Waals surface area contributed by atoms with Gasteiger partial charge in [-0.3, -0.25) is 9.55 Å². The molecule has 0 fully saturated rings. The highest BCUT2D eigenvalue weighted by molar-refractivity contribution is 7.98. The van der Waals surface area contributed by atoms with E-state index in [4.69, 9.17) is 0 Å². The van der Waals surface area contributed by atoms with Gasteiger partial charge in [-0.05, 0) is 66.9 Å². The molecule has 0 radical (unpaired) electrons. The van der Waals surface area contributed by atoms with Crippen molar-refractivity contribution < 1.29 is 8.42 Å². The lowest BCUT2D eigenvalue weighted by Crippen LogP contribution is -2.22. The van der Waals surface area contributed by atoms with Crippen molar-refractivity contribution in [3.05, 3.63) is 83.7 Å². The number of aromatic nitrogens is 4. The molecule has 2 aromatic heterocycles. The van der Waals surface area contributed by atoms with E-state index in [0.717, 1.165) is 27.8 Å². The van der Waals surface area contributed by atoms with E-state index >= 15 is 0 Å². The molecule has 4 rings (SSSR count). The number of aryl methyl sites for hydroxylation is 2. The van der Waals surface area contributed by atoms with Gasteiger partial charge in [0.1, 0.15) is 0 Å². The van der Waals surface area contributed by atoms with Crippen molar-refractivity contribution in [2.75, 3.05) is 14.1 Å². The zero-order valence-corrected chi connectivity index (χ0v) is 20.6. The molecule has 33 heavy (non-hydrogen) atoms. The van der Waals surface area contributed by atoms with E-state index in [2.05, 4.69) is 47.2 Å². The fourth-order valence-electron chi connectivity index (χ4n) is 3.30. The first kappa shape index (κ1) is 23.2. The molecule has 7 nitrogen and oxygen atoms in total. The second-order valence-electron chi connectivity index (χ2n) is 7.87. The first-order valence-electron chi connectivity index (χ1n) is 10.3. The molecule has 0 aliphatic heterocycles. The Hall–Kier alpha value is -3.01. The molecule has 0 saturated carbocycles. The van der Waals surface area contributed by atoms with Gasteiger partial charge in [-0.1, -0.05) is 30.0 Å². The van der Waals surface area contributed by atoms with Crippen LogP contribution < -0.4 is 0 Å². The Morgan fingerprint density at radius 3 is 2.39 bits per heavy atom. The van der Waals surface area contributed by atoms with E-state index in [1.165, 1.54) is 41.3 Å². The molecule has 0 N–H and O–H groups in total. The Labute approximate surface area is 198 Å². The second kappa shape index (κ2) is 9.46. The third-order valence-corrected chi connectivity index (χ3v) is 8.18. The molecule has 0 aliphatic carbocycles. The topological polar surface area (TPSA) is 81.0 Å². The van der Waals surface area contributed by atoms with Crippen LogP contribution in [-0.4, -0.2) is 46.6 Å². The first-order chi connectivity index (χ1) is 15.8. The minimum Gasteiger partial charge on any atom is -0.270 e. The molecule has 2 aromatic carbocycles. The van der Waals surface area contributed by atoms with Crippen molar-refractivity contribution in [3.8, 4) is 17.1 Å². The molecule has 0 spiro atoms. The highest BCUT2D eigenvalue weighted by atomic mass is 32.2. The Balaban J connectivity index is 1.71. The molecule has 0 atom stereocenters. The van der Waals surface area contributed by atoms with Crippen LogP contribution in [0.1, 0.15) is 16.7 Å². The van der Waals surface area contributed by atoms with Crippen molar-refractivity contribution in [1.82, 2.24) is 24.1 Å². The molecule has 4 aromatic rings. The molecule has 9 heteroatoms. The van der Waals surface area contributed by atoms with Gasteiger partial charge in [-0.15, -0.1) is 10.2 Å². The van der Waals surface area contributed by atoms with Crippen LogP contribution in [-0.2, 0) is 15.8 Å². The van der Waals surface area contributed by atoms with Crippen LogP contribution in [0.15, 0.2) is 77.0 Å². The van der Waals surface area contributed by atoms with Gasteiger partial charge in [0, 0.05) is 37.8 Å². The van der Waals surface area contributed by atoms with Gasteiger partial charge in [-0.25, -0.2) is 12.7 Å². The predicted octanol–water partition coefficient (Wildman–Crippen LogP) is 4.49. The highest BCUT2D eigenvalue weighted by Crippen LogP contribution is 2.30. The molecule has 2 heterocycles. The lowest BCUT2D eigenvalue weighted by atomic mass is 10.1. The summed E-state index contributed by atoms with van der Waals surface area (Å²) in [6, 6.07) is 17.1. The average molecular weight is 480 g/mol. The largest absolute Gasteiger partial charge is 0.270 e. The van der Waals surface area contributed by atoms with Crippen LogP contribution in [0, 0.1) is 13.8 Å². The number of sulfonamides is 1. The summed E-state index contributed by atoms with van der Waals surface area (Å²) in [7, 11) is -0.427. The SMILES string of the molecule is Cc1ccc(-n2c(SCc3cccc(S(=O)(=O)N(C)C)c3)nnc2-c2ccncc2)cc1C. The van der Waals surface area contributed by atoms with Crippen LogP contribution in [0.5, 0.6) is 0 Å². The lowest BCUT2D eigenvalue weighted by Gasteiger charge is -2.13. The van der Waals surface area contributed by atoms with E-state index < -0.39 is 10.0 Å². The predicted molar refractivity (Wildman–Crippen MR) is 131 cm³/mol. The smallest absolute Gasteiger partial charge is 0.242 e. The maximum absolute atomic E-state index is 12.5. The second-order valence-corrected chi connectivity index (χ2v) is 11.0. The molecule has 0 amide bonds. The van der Waals surface area contributed by atoms with Gasteiger partial charge in [0.2, 0.25) is 10.0 Å². The molecular formula is C24H25N5O2S2. The van der Waals surface area contributed by atoms with Crippen LogP contribution in [0.4, 0.5) is 0 Å². The molecule has 0 saturated heterocycles. The van der Waals surface area contributed by atoms with Gasteiger partial charge in [-0.2, -0.15) is 0 Å². The van der Waals surface area contributed by atoms with E-state index in [1.54, 1.807) is 30.6 Å². The van der Waals surface area contributed by atoms with Crippen molar-refractivity contribution in [2.24, 2.45) is 0 Å². The van der Waals surface area contributed by atoms with Crippen LogP contribution >= 0.6 is 11.8 Å². The third-order valence-electron chi connectivity index (χ3n) is 5.37. The van der Waals surface area contributed by atoms with E-state index in [1.807, 2.05) is 22.8 Å². The van der Waals surface area contributed by atoms with Crippen LogP contribution in [0.3, 0.4) is 0 Å². The summed E-state index contributed by atoms with van der Waals surface area (Å²) < 4.78 is 28.3. The van der Waals surface area contributed by atoms with Crippen molar-refractivity contribution in [1.29, 1.82) is 0 Å². The molecule has 0 bridgehead atoms. The van der Waals surface area contributed by atoms with Crippen LogP contribution in [0.2, 0.25) is 0 Å². The maximum Gasteiger partial charge on any atom is 0.242 e. The zero-order valence-electron chi connectivity index (χ0n) is 18.9.